The standard InChI is InChI=1S/C27H30N2O3/c1-2-31-24-12-8-9-21(19-24)20-29-17-15-22(16-18-29)27(30)28-25-13-6-7-14-26(25)32-23-10-4-3-5-11-23/h3-14,19,22H,2,15-18,20H2,1H3,(H,28,30). The molecule has 0 bridgehead atoms. The Balaban J connectivity index is 1.31. The molecule has 4 rings (SSSR count). The number of nitrogens with zero attached hydrogens (tertiary/aromatic N) is 1. The second-order valence-corrected chi connectivity index (χ2v) is 8.03. The normalized spacial score (nSPS) is 14.7. The number of carbonyl (C=O) groups excluding carboxylic acids is 1. The second kappa shape index (κ2) is 10.8. The zero-order valence-corrected chi connectivity index (χ0v) is 18.5. The van der Waals surface area contributed by atoms with E-state index in [1.165, 1.54) is 5.56 Å². The van der Waals surface area contributed by atoms with Crippen LogP contribution < -0.4 is 14.8 Å². The topological polar surface area (TPSA) is 50.8 Å². The quantitative estimate of drug-likeness (QED) is 0.496. The molecule has 1 amide bonds. The number of rotatable bonds is 8. The predicted octanol–water partition coefficient (Wildman–Crippen LogP) is 5.73. The van der Waals surface area contributed by atoms with Gasteiger partial charge in [0.1, 0.15) is 11.5 Å². The predicted molar refractivity (Wildman–Crippen MR) is 127 cm³/mol. The van der Waals surface area contributed by atoms with Crippen LogP contribution in [-0.2, 0) is 11.3 Å². The van der Waals surface area contributed by atoms with Crippen molar-refractivity contribution >= 4 is 11.6 Å². The van der Waals surface area contributed by atoms with Gasteiger partial charge in [-0.2, -0.15) is 0 Å². The Labute approximate surface area is 190 Å². The molecule has 0 unspecified atom stereocenters. The van der Waals surface area contributed by atoms with Crippen LogP contribution in [0.15, 0.2) is 78.9 Å². The summed E-state index contributed by atoms with van der Waals surface area (Å²) in [6.07, 6.45) is 1.69. The van der Waals surface area contributed by atoms with Gasteiger partial charge in [0.05, 0.1) is 12.3 Å². The molecule has 166 valence electrons. The molecular formula is C27H30N2O3. The maximum absolute atomic E-state index is 13.0. The number of likely N-dealkylation sites (tertiary alicyclic amines) is 1. The van der Waals surface area contributed by atoms with E-state index in [1.807, 2.05) is 73.7 Å². The molecule has 1 fully saturated rings. The fraction of sp³-hybridized carbons (Fsp3) is 0.296. The van der Waals surface area contributed by atoms with Gasteiger partial charge in [-0.15, -0.1) is 0 Å². The van der Waals surface area contributed by atoms with Crippen molar-refractivity contribution in [3.63, 3.8) is 0 Å². The van der Waals surface area contributed by atoms with E-state index in [0.29, 0.717) is 18.0 Å². The molecule has 32 heavy (non-hydrogen) atoms. The van der Waals surface area contributed by atoms with E-state index >= 15 is 0 Å². The van der Waals surface area contributed by atoms with Gasteiger partial charge in [0, 0.05) is 12.5 Å². The van der Waals surface area contributed by atoms with Crippen molar-refractivity contribution in [1.29, 1.82) is 0 Å². The molecule has 0 atom stereocenters. The second-order valence-electron chi connectivity index (χ2n) is 8.03. The fourth-order valence-electron chi connectivity index (χ4n) is 4.02. The number of hydrogen-bond acceptors (Lipinski definition) is 4. The molecule has 0 aliphatic carbocycles. The first kappa shape index (κ1) is 21.9. The van der Waals surface area contributed by atoms with E-state index < -0.39 is 0 Å². The summed E-state index contributed by atoms with van der Waals surface area (Å²) < 4.78 is 11.6. The van der Waals surface area contributed by atoms with Crippen LogP contribution in [0.2, 0.25) is 0 Å². The Hall–Kier alpha value is -3.31. The van der Waals surface area contributed by atoms with E-state index in [4.69, 9.17) is 9.47 Å². The van der Waals surface area contributed by atoms with E-state index in [1.54, 1.807) is 0 Å². The first-order valence-corrected chi connectivity index (χ1v) is 11.3. The number of piperidine rings is 1. The minimum Gasteiger partial charge on any atom is -0.494 e. The van der Waals surface area contributed by atoms with Gasteiger partial charge in [-0.1, -0.05) is 42.5 Å². The highest BCUT2D eigenvalue weighted by atomic mass is 16.5. The van der Waals surface area contributed by atoms with Gasteiger partial charge < -0.3 is 14.8 Å². The SMILES string of the molecule is CCOc1cccc(CN2CCC(C(=O)Nc3ccccc3Oc3ccccc3)CC2)c1. The average Bonchev–Trinajstić information content (AvgIpc) is 2.82. The van der Waals surface area contributed by atoms with E-state index in [0.717, 1.165) is 44.0 Å². The van der Waals surface area contributed by atoms with Gasteiger partial charge >= 0.3 is 0 Å². The van der Waals surface area contributed by atoms with Gasteiger partial charge in [-0.3, -0.25) is 9.69 Å². The van der Waals surface area contributed by atoms with Crippen molar-refractivity contribution < 1.29 is 14.3 Å². The lowest BCUT2D eigenvalue weighted by Gasteiger charge is -2.31. The first-order chi connectivity index (χ1) is 15.7. The lowest BCUT2D eigenvalue weighted by molar-refractivity contribution is -0.121. The van der Waals surface area contributed by atoms with E-state index in [9.17, 15) is 4.79 Å². The minimum absolute atomic E-state index is 0.00536. The maximum Gasteiger partial charge on any atom is 0.227 e. The van der Waals surface area contributed by atoms with Crippen LogP contribution in [0.3, 0.4) is 0 Å². The Morgan fingerprint density at radius 2 is 1.66 bits per heavy atom. The molecule has 3 aromatic carbocycles. The van der Waals surface area contributed by atoms with E-state index in [2.05, 4.69) is 22.3 Å². The smallest absolute Gasteiger partial charge is 0.227 e. The summed E-state index contributed by atoms with van der Waals surface area (Å²) in [4.78, 5) is 15.4. The van der Waals surface area contributed by atoms with E-state index in [-0.39, 0.29) is 11.8 Å². The first-order valence-electron chi connectivity index (χ1n) is 11.3. The number of hydrogen-bond donors (Lipinski definition) is 1. The monoisotopic (exact) mass is 430 g/mol. The third-order valence-corrected chi connectivity index (χ3v) is 5.69. The van der Waals surface area contributed by atoms with Crippen LogP contribution in [-0.4, -0.2) is 30.5 Å². The molecule has 1 N–H and O–H groups in total. The molecule has 0 saturated carbocycles. The molecule has 5 heteroatoms. The maximum atomic E-state index is 13.0. The summed E-state index contributed by atoms with van der Waals surface area (Å²) in [5.74, 6) is 2.38. The summed E-state index contributed by atoms with van der Waals surface area (Å²) in [6.45, 7) is 5.35. The van der Waals surface area contributed by atoms with Crippen molar-refractivity contribution in [2.24, 2.45) is 5.92 Å². The highest BCUT2D eigenvalue weighted by Gasteiger charge is 2.25. The largest absolute Gasteiger partial charge is 0.494 e. The highest BCUT2D eigenvalue weighted by molar-refractivity contribution is 5.94. The van der Waals surface area contributed by atoms with Gasteiger partial charge in [-0.05, 0) is 74.8 Å². The van der Waals surface area contributed by atoms with Gasteiger partial charge in [-0.25, -0.2) is 0 Å². The number of amides is 1. The summed E-state index contributed by atoms with van der Waals surface area (Å²) in [5, 5.41) is 3.09. The van der Waals surface area contributed by atoms with Crippen molar-refractivity contribution in [2.45, 2.75) is 26.3 Å². The molecule has 0 radical (unpaired) electrons. The summed E-state index contributed by atoms with van der Waals surface area (Å²) in [5.41, 5.74) is 1.95. The number of para-hydroxylation sites is 3. The Kier molecular flexibility index (Phi) is 7.41. The highest BCUT2D eigenvalue weighted by Crippen LogP contribution is 2.30. The van der Waals surface area contributed by atoms with Gasteiger partial charge in [0.2, 0.25) is 5.91 Å². The molecule has 0 spiro atoms. The zero-order chi connectivity index (χ0) is 22.2. The van der Waals surface area contributed by atoms with Gasteiger partial charge in [0.15, 0.2) is 5.75 Å². The lowest BCUT2D eigenvalue weighted by atomic mass is 9.95. The van der Waals surface area contributed by atoms with Crippen molar-refractivity contribution in [2.75, 3.05) is 25.0 Å². The van der Waals surface area contributed by atoms with Crippen LogP contribution in [0.1, 0.15) is 25.3 Å². The third kappa shape index (κ3) is 5.89. The van der Waals surface area contributed by atoms with Crippen molar-refractivity contribution in [3.8, 4) is 17.2 Å². The number of nitrogens with one attached hydrogen (secondary N) is 1. The van der Waals surface area contributed by atoms with Crippen LogP contribution >= 0.6 is 0 Å². The third-order valence-electron chi connectivity index (χ3n) is 5.69. The molecule has 5 nitrogen and oxygen atoms in total. The molecule has 3 aromatic rings. The molecular weight excluding hydrogens is 400 g/mol. The van der Waals surface area contributed by atoms with Crippen molar-refractivity contribution in [3.05, 3.63) is 84.4 Å². The number of ether oxygens (including phenoxy) is 2. The lowest BCUT2D eigenvalue weighted by Crippen LogP contribution is -2.37. The molecule has 1 aliphatic heterocycles. The number of carbonyl (C=O) groups is 1. The van der Waals surface area contributed by atoms with Crippen LogP contribution in [0.4, 0.5) is 5.69 Å². The Bertz CT molecular complexity index is 1010. The van der Waals surface area contributed by atoms with Crippen LogP contribution in [0.5, 0.6) is 17.2 Å². The summed E-state index contributed by atoms with van der Waals surface area (Å²) in [7, 11) is 0. The van der Waals surface area contributed by atoms with Gasteiger partial charge in [0.25, 0.3) is 0 Å². The van der Waals surface area contributed by atoms with Crippen LogP contribution in [0.25, 0.3) is 0 Å². The Morgan fingerprint density at radius 3 is 2.44 bits per heavy atom. The van der Waals surface area contributed by atoms with Crippen molar-refractivity contribution in [1.82, 2.24) is 4.90 Å². The fourth-order valence-corrected chi connectivity index (χ4v) is 4.02. The molecule has 1 aliphatic rings. The Morgan fingerprint density at radius 1 is 0.938 bits per heavy atom. The molecule has 0 aromatic heterocycles. The summed E-state index contributed by atoms with van der Waals surface area (Å²) >= 11 is 0. The molecule has 1 heterocycles. The zero-order valence-electron chi connectivity index (χ0n) is 18.5. The number of anilines is 1. The van der Waals surface area contributed by atoms with Crippen LogP contribution in [0, 0.1) is 5.92 Å². The average molecular weight is 431 g/mol. The minimum atomic E-state index is 0.00536. The molecule has 1 saturated heterocycles. The summed E-state index contributed by atoms with van der Waals surface area (Å²) in [6, 6.07) is 25.4. The number of benzene rings is 3.